The maximum absolute atomic E-state index is 11.8. The highest BCUT2D eigenvalue weighted by Crippen LogP contribution is 2.48. The number of aliphatic carboxylic acids is 2. The highest BCUT2D eigenvalue weighted by Gasteiger charge is 2.54. The molecule has 0 spiro atoms. The Morgan fingerprint density at radius 1 is 1.22 bits per heavy atom. The van der Waals surface area contributed by atoms with Crippen LogP contribution in [0.5, 0.6) is 0 Å². The molecule has 0 fully saturated rings. The van der Waals surface area contributed by atoms with Gasteiger partial charge in [0.1, 0.15) is 5.41 Å². The fraction of sp³-hybridized carbons (Fsp3) is 0.571. The molecule has 0 aromatic rings. The maximum Gasteiger partial charge on any atom is 0.315 e. The molecule has 0 amide bonds. The van der Waals surface area contributed by atoms with Gasteiger partial charge in [-0.2, -0.15) is 0 Å². The predicted octanol–water partition coefficient (Wildman–Crippen LogP) is 2.57. The van der Waals surface area contributed by atoms with Gasteiger partial charge in [0.25, 0.3) is 0 Å². The molecule has 1 aliphatic rings. The average Bonchev–Trinajstić information content (AvgIpc) is 2.26. The summed E-state index contributed by atoms with van der Waals surface area (Å²) < 4.78 is 0. The van der Waals surface area contributed by atoms with Crippen LogP contribution in [0.3, 0.4) is 0 Å². The largest absolute Gasteiger partial charge is 0.481 e. The number of allylic oxidation sites excluding steroid dienone is 2. The Morgan fingerprint density at radius 3 is 2.11 bits per heavy atom. The van der Waals surface area contributed by atoms with E-state index in [-0.39, 0.29) is 11.8 Å². The van der Waals surface area contributed by atoms with E-state index < -0.39 is 23.3 Å². The topological polar surface area (TPSA) is 74.6 Å². The summed E-state index contributed by atoms with van der Waals surface area (Å²) in [6.07, 6.45) is 4.87. The second-order valence-corrected chi connectivity index (χ2v) is 5.31. The van der Waals surface area contributed by atoms with Crippen molar-refractivity contribution < 1.29 is 19.8 Å². The van der Waals surface area contributed by atoms with Gasteiger partial charge in [-0.1, -0.05) is 45.9 Å². The van der Waals surface area contributed by atoms with Crippen LogP contribution >= 0.6 is 0 Å². The Labute approximate surface area is 107 Å². The molecule has 18 heavy (non-hydrogen) atoms. The fourth-order valence-electron chi connectivity index (χ4n) is 2.88. The van der Waals surface area contributed by atoms with E-state index in [1.165, 1.54) is 6.08 Å². The van der Waals surface area contributed by atoms with Crippen LogP contribution in [0.25, 0.3) is 0 Å². The van der Waals surface area contributed by atoms with Crippen molar-refractivity contribution in [2.75, 3.05) is 0 Å². The van der Waals surface area contributed by atoms with Gasteiger partial charge in [0.05, 0.1) is 5.92 Å². The SMILES string of the molecule is CC(C)C1=CC=CC(C(=O)O)C1(C(=O)O)C(C)C. The van der Waals surface area contributed by atoms with Crippen LogP contribution in [0, 0.1) is 23.2 Å². The van der Waals surface area contributed by atoms with Gasteiger partial charge >= 0.3 is 11.9 Å². The smallest absolute Gasteiger partial charge is 0.315 e. The summed E-state index contributed by atoms with van der Waals surface area (Å²) in [5.41, 5.74) is -0.672. The Bertz CT molecular complexity index is 418. The van der Waals surface area contributed by atoms with Crippen LogP contribution in [0.1, 0.15) is 27.7 Å². The molecule has 1 rings (SSSR count). The van der Waals surface area contributed by atoms with Crippen molar-refractivity contribution in [3.05, 3.63) is 23.8 Å². The Hall–Kier alpha value is -1.58. The fourth-order valence-corrected chi connectivity index (χ4v) is 2.88. The Kier molecular flexibility index (Phi) is 3.99. The van der Waals surface area contributed by atoms with Crippen LogP contribution < -0.4 is 0 Å². The van der Waals surface area contributed by atoms with Crippen molar-refractivity contribution >= 4 is 11.9 Å². The number of rotatable bonds is 4. The highest BCUT2D eigenvalue weighted by molar-refractivity contribution is 5.89. The summed E-state index contributed by atoms with van der Waals surface area (Å²) in [5, 5.41) is 19.0. The van der Waals surface area contributed by atoms with E-state index in [1.807, 2.05) is 13.8 Å². The summed E-state index contributed by atoms with van der Waals surface area (Å²) in [6.45, 7) is 7.31. The third kappa shape index (κ3) is 1.96. The van der Waals surface area contributed by atoms with Crippen molar-refractivity contribution in [1.29, 1.82) is 0 Å². The lowest BCUT2D eigenvalue weighted by molar-refractivity contribution is -0.161. The zero-order valence-corrected chi connectivity index (χ0v) is 11.2. The molecule has 0 bridgehead atoms. The Morgan fingerprint density at radius 2 is 1.78 bits per heavy atom. The van der Waals surface area contributed by atoms with Crippen LogP contribution in [0.15, 0.2) is 23.8 Å². The van der Waals surface area contributed by atoms with Crippen molar-refractivity contribution in [2.24, 2.45) is 23.2 Å². The molecule has 2 unspecified atom stereocenters. The summed E-state index contributed by atoms with van der Waals surface area (Å²) in [6, 6.07) is 0. The normalized spacial score (nSPS) is 27.4. The first-order valence-electron chi connectivity index (χ1n) is 6.11. The average molecular weight is 252 g/mol. The minimum absolute atomic E-state index is 0.00435. The molecule has 0 aliphatic heterocycles. The summed E-state index contributed by atoms with van der Waals surface area (Å²) in [7, 11) is 0. The first kappa shape index (κ1) is 14.5. The lowest BCUT2D eigenvalue weighted by Crippen LogP contribution is -2.49. The standard InChI is InChI=1S/C14H20O4/c1-8(2)10-6-5-7-11(12(15)16)14(10,9(3)4)13(17)18/h5-9,11H,1-4H3,(H,15,16)(H,17,18). The Balaban J connectivity index is 3.52. The van der Waals surface area contributed by atoms with E-state index in [1.54, 1.807) is 26.0 Å². The number of hydrogen-bond acceptors (Lipinski definition) is 2. The molecule has 0 saturated heterocycles. The van der Waals surface area contributed by atoms with Gasteiger partial charge in [0, 0.05) is 0 Å². The minimum Gasteiger partial charge on any atom is -0.481 e. The predicted molar refractivity (Wildman–Crippen MR) is 68.1 cm³/mol. The molecular formula is C14H20O4. The van der Waals surface area contributed by atoms with Gasteiger partial charge in [0.2, 0.25) is 0 Å². The van der Waals surface area contributed by atoms with Gasteiger partial charge in [-0.15, -0.1) is 0 Å². The van der Waals surface area contributed by atoms with Crippen molar-refractivity contribution in [3.63, 3.8) is 0 Å². The molecule has 0 heterocycles. The molecule has 0 aromatic carbocycles. The summed E-state index contributed by atoms with van der Waals surface area (Å²) in [5.74, 6) is -3.47. The van der Waals surface area contributed by atoms with Gasteiger partial charge in [-0.3, -0.25) is 9.59 Å². The highest BCUT2D eigenvalue weighted by atomic mass is 16.4. The van der Waals surface area contributed by atoms with Crippen LogP contribution in [0.4, 0.5) is 0 Å². The van der Waals surface area contributed by atoms with E-state index >= 15 is 0 Å². The monoisotopic (exact) mass is 252 g/mol. The van der Waals surface area contributed by atoms with E-state index in [9.17, 15) is 19.8 Å². The lowest BCUT2D eigenvalue weighted by atomic mass is 9.59. The van der Waals surface area contributed by atoms with Gasteiger partial charge in [0.15, 0.2) is 0 Å². The molecule has 4 heteroatoms. The minimum atomic E-state index is -1.35. The summed E-state index contributed by atoms with van der Waals surface area (Å²) in [4.78, 5) is 23.2. The third-order valence-electron chi connectivity index (χ3n) is 3.70. The number of hydrogen-bond donors (Lipinski definition) is 2. The molecule has 0 saturated carbocycles. The molecular weight excluding hydrogens is 232 g/mol. The molecule has 100 valence electrons. The zero-order valence-electron chi connectivity index (χ0n) is 11.2. The van der Waals surface area contributed by atoms with Crippen LogP contribution in [-0.2, 0) is 9.59 Å². The number of carbonyl (C=O) groups is 2. The lowest BCUT2D eigenvalue weighted by Gasteiger charge is -2.42. The summed E-state index contributed by atoms with van der Waals surface area (Å²) >= 11 is 0. The zero-order chi connectivity index (χ0) is 14.1. The van der Waals surface area contributed by atoms with E-state index in [2.05, 4.69) is 0 Å². The quantitative estimate of drug-likeness (QED) is 0.806. The molecule has 0 aromatic heterocycles. The second-order valence-electron chi connectivity index (χ2n) is 5.31. The molecule has 4 nitrogen and oxygen atoms in total. The van der Waals surface area contributed by atoms with E-state index in [4.69, 9.17) is 0 Å². The van der Waals surface area contributed by atoms with Crippen molar-refractivity contribution in [3.8, 4) is 0 Å². The first-order chi connectivity index (χ1) is 8.26. The van der Waals surface area contributed by atoms with E-state index in [0.717, 1.165) is 0 Å². The maximum atomic E-state index is 11.8. The molecule has 0 radical (unpaired) electrons. The third-order valence-corrected chi connectivity index (χ3v) is 3.70. The van der Waals surface area contributed by atoms with Crippen LogP contribution in [-0.4, -0.2) is 22.2 Å². The van der Waals surface area contributed by atoms with Crippen molar-refractivity contribution in [2.45, 2.75) is 27.7 Å². The molecule has 1 aliphatic carbocycles. The van der Waals surface area contributed by atoms with Gasteiger partial charge in [-0.05, 0) is 17.4 Å². The van der Waals surface area contributed by atoms with Crippen molar-refractivity contribution in [1.82, 2.24) is 0 Å². The first-order valence-corrected chi connectivity index (χ1v) is 6.11. The number of carboxylic acids is 2. The second kappa shape index (κ2) is 4.96. The molecule has 2 N–H and O–H groups in total. The number of carboxylic acid groups (broad SMARTS) is 2. The van der Waals surface area contributed by atoms with Gasteiger partial charge in [-0.25, -0.2) is 0 Å². The van der Waals surface area contributed by atoms with E-state index in [0.29, 0.717) is 5.57 Å². The van der Waals surface area contributed by atoms with Crippen LogP contribution in [0.2, 0.25) is 0 Å². The van der Waals surface area contributed by atoms with Gasteiger partial charge < -0.3 is 10.2 Å². The molecule has 2 atom stereocenters.